The summed E-state index contributed by atoms with van der Waals surface area (Å²) < 4.78 is 0. The maximum Gasteiger partial charge on any atom is 0.157 e. The number of nitrogens with zero attached hydrogens (tertiary/aromatic N) is 1. The van der Waals surface area contributed by atoms with Crippen LogP contribution in [0.3, 0.4) is 0 Å². The number of hydrogen-bond donors (Lipinski definition) is 0. The molecule has 0 aromatic heterocycles. The first-order valence-corrected chi connectivity index (χ1v) is 7.87. The Balaban J connectivity index is 2.16. The number of rotatable bonds is 4. The van der Waals surface area contributed by atoms with Crippen molar-refractivity contribution in [3.05, 3.63) is 34.9 Å². The summed E-state index contributed by atoms with van der Waals surface area (Å²) in [5.74, 6) is 0.353. The molecule has 0 radical (unpaired) electrons. The van der Waals surface area contributed by atoms with Gasteiger partial charge in [-0.05, 0) is 44.6 Å². The Morgan fingerprint density at radius 3 is 2.15 bits per heavy atom. The van der Waals surface area contributed by atoms with Gasteiger partial charge in [-0.1, -0.05) is 49.4 Å². The van der Waals surface area contributed by atoms with E-state index in [2.05, 4.69) is 4.90 Å². The molecule has 1 aromatic carbocycles. The number of carbonyl (C=O) groups is 1. The van der Waals surface area contributed by atoms with E-state index in [4.69, 9.17) is 11.6 Å². The van der Waals surface area contributed by atoms with Gasteiger partial charge in [0.1, 0.15) is 0 Å². The van der Waals surface area contributed by atoms with Crippen molar-refractivity contribution in [1.29, 1.82) is 0 Å². The van der Waals surface area contributed by atoms with E-state index in [0.29, 0.717) is 12.2 Å². The molecule has 1 aliphatic rings. The largest absolute Gasteiger partial charge is 0.297 e. The van der Waals surface area contributed by atoms with E-state index in [9.17, 15) is 4.79 Å². The lowest BCUT2D eigenvalue weighted by Crippen LogP contribution is -2.51. The summed E-state index contributed by atoms with van der Waals surface area (Å²) in [5, 5.41) is 0.720. The first kappa shape index (κ1) is 15.5. The second-order valence-corrected chi connectivity index (χ2v) is 6.50. The van der Waals surface area contributed by atoms with Crippen LogP contribution in [0, 0.1) is 0 Å². The van der Waals surface area contributed by atoms with Gasteiger partial charge in [0.25, 0.3) is 0 Å². The molecule has 1 aromatic rings. The van der Waals surface area contributed by atoms with E-state index in [1.54, 1.807) is 0 Å². The van der Waals surface area contributed by atoms with Gasteiger partial charge in [0.15, 0.2) is 5.78 Å². The van der Waals surface area contributed by atoms with Crippen molar-refractivity contribution in [2.45, 2.75) is 50.5 Å². The van der Waals surface area contributed by atoms with Crippen molar-refractivity contribution in [1.82, 2.24) is 4.90 Å². The Labute approximate surface area is 127 Å². The first-order chi connectivity index (χ1) is 9.54. The summed E-state index contributed by atoms with van der Waals surface area (Å²) in [6.07, 6.45) is 7.32. The maximum atomic E-state index is 12.9. The van der Waals surface area contributed by atoms with Crippen LogP contribution in [0.4, 0.5) is 0 Å². The molecule has 0 spiro atoms. The molecule has 0 saturated heterocycles. The molecule has 1 saturated carbocycles. The average Bonchev–Trinajstić information content (AvgIpc) is 2.68. The fourth-order valence-electron chi connectivity index (χ4n) is 3.24. The molecular weight excluding hydrogens is 270 g/mol. The molecule has 0 N–H and O–H groups in total. The van der Waals surface area contributed by atoms with Gasteiger partial charge in [0, 0.05) is 11.4 Å². The predicted molar refractivity (Wildman–Crippen MR) is 84.3 cm³/mol. The molecule has 0 atom stereocenters. The molecule has 0 amide bonds. The van der Waals surface area contributed by atoms with Crippen molar-refractivity contribution in [3.8, 4) is 0 Å². The Morgan fingerprint density at radius 1 is 1.10 bits per heavy atom. The second kappa shape index (κ2) is 6.73. The molecule has 0 bridgehead atoms. The van der Waals surface area contributed by atoms with Gasteiger partial charge >= 0.3 is 0 Å². The lowest BCUT2D eigenvalue weighted by molar-refractivity contribution is -0.130. The van der Waals surface area contributed by atoms with Crippen LogP contribution in [0.1, 0.15) is 44.1 Å². The number of halogens is 1. The van der Waals surface area contributed by atoms with E-state index < -0.39 is 0 Å². The Bertz CT molecular complexity index is 445. The van der Waals surface area contributed by atoms with Crippen molar-refractivity contribution in [2.75, 3.05) is 14.1 Å². The van der Waals surface area contributed by atoms with Gasteiger partial charge in [0.05, 0.1) is 5.54 Å². The molecule has 2 nitrogen and oxygen atoms in total. The highest BCUT2D eigenvalue weighted by Crippen LogP contribution is 2.33. The quantitative estimate of drug-likeness (QED) is 0.779. The summed E-state index contributed by atoms with van der Waals surface area (Å²) in [5.41, 5.74) is 0.792. The molecular formula is C17H24ClNO. The third-order valence-corrected chi connectivity index (χ3v) is 4.84. The first-order valence-electron chi connectivity index (χ1n) is 7.50. The zero-order valence-corrected chi connectivity index (χ0v) is 13.2. The van der Waals surface area contributed by atoms with Crippen LogP contribution in [0.2, 0.25) is 5.02 Å². The van der Waals surface area contributed by atoms with Crippen LogP contribution in [-0.4, -0.2) is 30.3 Å². The molecule has 0 heterocycles. The minimum absolute atomic E-state index is 0.268. The van der Waals surface area contributed by atoms with E-state index >= 15 is 0 Å². The maximum absolute atomic E-state index is 12.9. The Kier molecular flexibility index (Phi) is 5.22. The highest BCUT2D eigenvalue weighted by molar-refractivity contribution is 6.30. The summed E-state index contributed by atoms with van der Waals surface area (Å²) in [7, 11) is 4.09. The van der Waals surface area contributed by atoms with E-state index in [0.717, 1.165) is 36.3 Å². The fraction of sp³-hybridized carbons (Fsp3) is 0.588. The highest BCUT2D eigenvalue weighted by atomic mass is 35.5. The SMILES string of the molecule is CN(C)C1(C(=O)Cc2ccc(Cl)cc2)CCCCCC1. The zero-order valence-electron chi connectivity index (χ0n) is 12.5. The normalized spacial score (nSPS) is 18.8. The smallest absolute Gasteiger partial charge is 0.157 e. The van der Waals surface area contributed by atoms with Gasteiger partial charge in [0.2, 0.25) is 0 Å². The minimum Gasteiger partial charge on any atom is -0.297 e. The monoisotopic (exact) mass is 293 g/mol. The van der Waals surface area contributed by atoms with Crippen molar-refractivity contribution in [2.24, 2.45) is 0 Å². The molecule has 1 aliphatic carbocycles. The second-order valence-electron chi connectivity index (χ2n) is 6.07. The minimum atomic E-state index is -0.268. The van der Waals surface area contributed by atoms with Gasteiger partial charge in [-0.2, -0.15) is 0 Å². The topological polar surface area (TPSA) is 20.3 Å². The standard InChI is InChI=1S/C17H24ClNO/c1-19(2)17(11-5-3-4-6-12-17)16(20)13-14-7-9-15(18)10-8-14/h7-10H,3-6,11-13H2,1-2H3. The predicted octanol–water partition coefficient (Wildman–Crippen LogP) is 4.11. The summed E-state index contributed by atoms with van der Waals surface area (Å²) >= 11 is 5.90. The molecule has 0 aliphatic heterocycles. The highest BCUT2D eigenvalue weighted by Gasteiger charge is 2.39. The van der Waals surface area contributed by atoms with Gasteiger partial charge in [-0.15, -0.1) is 0 Å². The van der Waals surface area contributed by atoms with Crippen molar-refractivity contribution in [3.63, 3.8) is 0 Å². The number of ketones is 1. The zero-order chi connectivity index (χ0) is 14.6. The number of likely N-dealkylation sites (N-methyl/N-ethyl adjacent to an activating group) is 1. The van der Waals surface area contributed by atoms with Crippen LogP contribution in [-0.2, 0) is 11.2 Å². The summed E-state index contributed by atoms with van der Waals surface area (Å²) in [6.45, 7) is 0. The van der Waals surface area contributed by atoms with Crippen LogP contribution in [0.25, 0.3) is 0 Å². The lowest BCUT2D eigenvalue weighted by atomic mass is 9.82. The number of carbonyl (C=O) groups excluding carboxylic acids is 1. The third-order valence-electron chi connectivity index (χ3n) is 4.58. The van der Waals surface area contributed by atoms with Crippen LogP contribution < -0.4 is 0 Å². The summed E-state index contributed by atoms with van der Waals surface area (Å²) in [4.78, 5) is 15.0. The Morgan fingerprint density at radius 2 is 1.65 bits per heavy atom. The molecule has 110 valence electrons. The van der Waals surface area contributed by atoms with Crippen LogP contribution in [0.5, 0.6) is 0 Å². The third kappa shape index (κ3) is 3.42. The van der Waals surface area contributed by atoms with Crippen molar-refractivity contribution >= 4 is 17.4 Å². The van der Waals surface area contributed by atoms with E-state index in [-0.39, 0.29) is 5.54 Å². The molecule has 1 fully saturated rings. The average molecular weight is 294 g/mol. The van der Waals surface area contributed by atoms with Crippen LogP contribution >= 0.6 is 11.6 Å². The number of benzene rings is 1. The van der Waals surface area contributed by atoms with Crippen LogP contribution in [0.15, 0.2) is 24.3 Å². The Hall–Kier alpha value is -0.860. The summed E-state index contributed by atoms with van der Waals surface area (Å²) in [6, 6.07) is 7.64. The number of hydrogen-bond acceptors (Lipinski definition) is 2. The molecule has 3 heteroatoms. The van der Waals surface area contributed by atoms with Crippen molar-refractivity contribution < 1.29 is 4.79 Å². The van der Waals surface area contributed by atoms with E-state index in [1.807, 2.05) is 38.4 Å². The molecule has 2 rings (SSSR count). The van der Waals surface area contributed by atoms with Gasteiger partial charge < -0.3 is 0 Å². The van der Waals surface area contributed by atoms with Gasteiger partial charge in [-0.25, -0.2) is 0 Å². The molecule has 0 unspecified atom stereocenters. The van der Waals surface area contributed by atoms with Gasteiger partial charge in [-0.3, -0.25) is 9.69 Å². The van der Waals surface area contributed by atoms with E-state index in [1.165, 1.54) is 12.8 Å². The lowest BCUT2D eigenvalue weighted by Gasteiger charge is -2.38. The molecule has 20 heavy (non-hydrogen) atoms. The fourth-order valence-corrected chi connectivity index (χ4v) is 3.37. The number of Topliss-reactive ketones (excluding diaryl/α,β-unsaturated/α-hetero) is 1.